The van der Waals surface area contributed by atoms with Crippen LogP contribution in [0.4, 0.5) is 0 Å². The molecule has 1 atom stereocenters. The molecule has 0 radical (unpaired) electrons. The lowest BCUT2D eigenvalue weighted by Gasteiger charge is -2.26. The standard InChI is InChI=1S/C27H27N3O3.ClH/c1-32-27(31)21-12-10-20(11-13-21)25-24-17-28-14-15-30(24)26(29-25)22-8-5-9-23(16-22)33-18-19-6-3-2-4-7-19;/h2-9,14-17,20-21H,10-13,18H2,1H3;1H. The summed E-state index contributed by atoms with van der Waals surface area (Å²) in [5.74, 6) is 2.01. The van der Waals surface area contributed by atoms with Gasteiger partial charge in [-0.15, -0.1) is 0 Å². The molecule has 34 heavy (non-hydrogen) atoms. The fourth-order valence-electron chi connectivity index (χ4n) is 4.82. The number of esters is 1. The molecule has 1 unspecified atom stereocenters. The summed E-state index contributed by atoms with van der Waals surface area (Å²) in [6.07, 6.45) is 9.32. The van der Waals surface area contributed by atoms with E-state index >= 15 is 0 Å². The number of halogens is 1. The third-order valence-corrected chi connectivity index (χ3v) is 6.59. The van der Waals surface area contributed by atoms with Gasteiger partial charge in [0.1, 0.15) is 24.3 Å². The molecule has 2 aliphatic heterocycles. The van der Waals surface area contributed by atoms with Crippen LogP contribution in [0.25, 0.3) is 0 Å². The molecule has 1 fully saturated rings. The second kappa shape index (κ2) is 10.8. The number of carbonyl (C=O) groups is 1. The summed E-state index contributed by atoms with van der Waals surface area (Å²) >= 11 is 0. The van der Waals surface area contributed by atoms with Gasteiger partial charge in [0.05, 0.1) is 31.0 Å². The Bertz CT molecular complexity index is 1150. The lowest BCUT2D eigenvalue weighted by Crippen LogP contribution is -3.08. The third kappa shape index (κ3) is 4.98. The van der Waals surface area contributed by atoms with Crippen molar-refractivity contribution in [1.29, 1.82) is 0 Å². The molecule has 1 saturated carbocycles. The van der Waals surface area contributed by atoms with Crippen LogP contribution in [0, 0.1) is 11.8 Å². The number of amidine groups is 1. The minimum atomic E-state index is -0.0940. The first-order chi connectivity index (χ1) is 16.2. The number of nitrogens with one attached hydrogen (secondary N) is 1. The average Bonchev–Trinajstić information content (AvgIpc) is 3.28. The van der Waals surface area contributed by atoms with Gasteiger partial charge in [-0.1, -0.05) is 36.4 Å². The van der Waals surface area contributed by atoms with Crippen LogP contribution in [0.1, 0.15) is 36.8 Å². The molecule has 176 valence electrons. The van der Waals surface area contributed by atoms with Crippen LogP contribution in [0.15, 0.2) is 88.4 Å². The maximum absolute atomic E-state index is 11.9. The van der Waals surface area contributed by atoms with Crippen LogP contribution < -0.4 is 22.0 Å². The molecular formula is C27H28ClN3O3. The van der Waals surface area contributed by atoms with Crippen molar-refractivity contribution in [1.82, 2.24) is 0 Å². The number of nitrogens with zero attached hydrogens (tertiary/aromatic N) is 2. The lowest BCUT2D eigenvalue weighted by atomic mass is 9.80. The summed E-state index contributed by atoms with van der Waals surface area (Å²) in [5.41, 5.74) is 4.36. The number of quaternary nitrogens is 1. The highest BCUT2D eigenvalue weighted by molar-refractivity contribution is 5.98. The smallest absolute Gasteiger partial charge is 0.308 e. The molecule has 1 N–H and O–H groups in total. The first-order valence-electron chi connectivity index (χ1n) is 11.5. The molecule has 2 heterocycles. The van der Waals surface area contributed by atoms with E-state index in [1.165, 1.54) is 7.11 Å². The Hall–Kier alpha value is -3.22. The van der Waals surface area contributed by atoms with Crippen molar-refractivity contribution >= 4 is 18.0 Å². The SMILES string of the molecule is COC(=O)C1CCC(C2=C3C=NC=C[NH+]3C(c3cccc(OCc4ccccc4)c3)=N2)CC1.[Cl-]. The zero-order valence-electron chi connectivity index (χ0n) is 19.1. The summed E-state index contributed by atoms with van der Waals surface area (Å²) in [7, 11) is 1.47. The Kier molecular flexibility index (Phi) is 7.60. The van der Waals surface area contributed by atoms with Crippen LogP contribution in [0.3, 0.4) is 0 Å². The summed E-state index contributed by atoms with van der Waals surface area (Å²) in [5, 5.41) is 0. The van der Waals surface area contributed by atoms with E-state index in [9.17, 15) is 4.79 Å². The van der Waals surface area contributed by atoms with E-state index in [2.05, 4.69) is 29.3 Å². The van der Waals surface area contributed by atoms with Gasteiger partial charge in [-0.05, 0) is 49.4 Å². The van der Waals surface area contributed by atoms with Gasteiger partial charge in [-0.25, -0.2) is 4.90 Å². The van der Waals surface area contributed by atoms with Crippen molar-refractivity contribution in [3.63, 3.8) is 0 Å². The number of aliphatic imine (C=N–C) groups is 2. The zero-order valence-corrected chi connectivity index (χ0v) is 19.9. The summed E-state index contributed by atoms with van der Waals surface area (Å²) in [6, 6.07) is 18.3. The van der Waals surface area contributed by atoms with Crippen LogP contribution in [-0.4, -0.2) is 25.1 Å². The van der Waals surface area contributed by atoms with Gasteiger partial charge in [0, 0.05) is 5.92 Å². The number of benzene rings is 2. The summed E-state index contributed by atoms with van der Waals surface area (Å²) in [4.78, 5) is 22.5. The summed E-state index contributed by atoms with van der Waals surface area (Å²) < 4.78 is 11.0. The molecule has 0 amide bonds. The molecule has 2 aromatic carbocycles. The highest BCUT2D eigenvalue weighted by atomic mass is 35.5. The van der Waals surface area contributed by atoms with Gasteiger partial charge in [0.25, 0.3) is 0 Å². The minimum absolute atomic E-state index is 0. The quantitative estimate of drug-likeness (QED) is 0.622. The fourth-order valence-corrected chi connectivity index (χ4v) is 4.82. The molecule has 0 aromatic heterocycles. The van der Waals surface area contributed by atoms with E-state index in [4.69, 9.17) is 14.5 Å². The van der Waals surface area contributed by atoms with Crippen molar-refractivity contribution in [2.75, 3.05) is 7.11 Å². The monoisotopic (exact) mass is 477 g/mol. The number of methoxy groups -OCH3 is 1. The number of fused-ring (bicyclic) bond motifs is 1. The number of hydrogen-bond acceptors (Lipinski definition) is 5. The highest BCUT2D eigenvalue weighted by Crippen LogP contribution is 2.36. The van der Waals surface area contributed by atoms with E-state index in [1.54, 1.807) is 0 Å². The predicted molar refractivity (Wildman–Crippen MR) is 127 cm³/mol. The van der Waals surface area contributed by atoms with Crippen LogP contribution in [0.5, 0.6) is 5.75 Å². The number of carbonyl (C=O) groups excluding carboxylic acids is 1. The molecule has 3 aliphatic rings. The third-order valence-electron chi connectivity index (χ3n) is 6.59. The molecule has 0 bridgehead atoms. The number of allylic oxidation sites excluding steroid dienone is 2. The largest absolute Gasteiger partial charge is 1.00 e. The predicted octanol–water partition coefficient (Wildman–Crippen LogP) is 0.661. The van der Waals surface area contributed by atoms with Crippen LogP contribution in [-0.2, 0) is 16.1 Å². The van der Waals surface area contributed by atoms with E-state index < -0.39 is 0 Å². The fraction of sp³-hybridized carbons (Fsp3) is 0.296. The van der Waals surface area contributed by atoms with Crippen molar-refractivity contribution in [3.05, 3.63) is 89.5 Å². The Balaban J connectivity index is 0.00000274. The van der Waals surface area contributed by atoms with Gasteiger partial charge < -0.3 is 21.9 Å². The first-order valence-corrected chi connectivity index (χ1v) is 11.5. The molecule has 5 rings (SSSR count). The maximum atomic E-state index is 11.9. The van der Waals surface area contributed by atoms with E-state index in [0.717, 1.165) is 64.7 Å². The second-order valence-corrected chi connectivity index (χ2v) is 8.64. The highest BCUT2D eigenvalue weighted by Gasteiger charge is 2.38. The van der Waals surface area contributed by atoms with E-state index in [0.29, 0.717) is 12.5 Å². The zero-order chi connectivity index (χ0) is 22.6. The van der Waals surface area contributed by atoms with E-state index in [1.807, 2.05) is 48.9 Å². The van der Waals surface area contributed by atoms with E-state index in [-0.39, 0.29) is 24.3 Å². The van der Waals surface area contributed by atoms with Crippen LogP contribution in [0.2, 0.25) is 0 Å². The molecular weight excluding hydrogens is 450 g/mol. The minimum Gasteiger partial charge on any atom is -1.00 e. The van der Waals surface area contributed by atoms with Gasteiger partial charge in [-0.2, -0.15) is 4.99 Å². The summed E-state index contributed by atoms with van der Waals surface area (Å²) in [6.45, 7) is 0.526. The molecule has 0 spiro atoms. The van der Waals surface area contributed by atoms with Crippen molar-refractivity contribution in [2.45, 2.75) is 32.3 Å². The Morgan fingerprint density at radius 2 is 1.85 bits per heavy atom. The normalized spacial score (nSPS) is 23.1. The van der Waals surface area contributed by atoms with Gasteiger partial charge in [-0.3, -0.25) is 9.79 Å². The molecule has 7 heteroatoms. The number of hydrogen-bond donors (Lipinski definition) is 1. The Morgan fingerprint density at radius 3 is 2.62 bits per heavy atom. The van der Waals surface area contributed by atoms with Gasteiger partial charge in [0.2, 0.25) is 5.84 Å². The van der Waals surface area contributed by atoms with Gasteiger partial charge >= 0.3 is 5.97 Å². The number of ether oxygens (including phenoxy) is 2. The molecule has 6 nitrogen and oxygen atoms in total. The van der Waals surface area contributed by atoms with Crippen molar-refractivity contribution in [2.24, 2.45) is 21.8 Å². The Labute approximate surface area is 206 Å². The van der Waals surface area contributed by atoms with Crippen molar-refractivity contribution in [3.8, 4) is 5.75 Å². The maximum Gasteiger partial charge on any atom is 0.308 e. The number of rotatable bonds is 6. The molecule has 0 saturated heterocycles. The van der Waals surface area contributed by atoms with Gasteiger partial charge in [0.15, 0.2) is 5.70 Å². The second-order valence-electron chi connectivity index (χ2n) is 8.64. The Morgan fingerprint density at radius 1 is 1.06 bits per heavy atom. The first kappa shape index (κ1) is 23.9. The topological polar surface area (TPSA) is 64.7 Å². The van der Waals surface area contributed by atoms with Crippen LogP contribution >= 0.6 is 0 Å². The van der Waals surface area contributed by atoms with Crippen molar-refractivity contribution < 1.29 is 31.6 Å². The average molecular weight is 478 g/mol. The molecule has 1 aliphatic carbocycles. The lowest BCUT2D eigenvalue weighted by molar-refractivity contribution is -0.689. The molecule has 2 aromatic rings.